The van der Waals surface area contributed by atoms with Gasteiger partial charge in [0.15, 0.2) is 17.5 Å². The second kappa shape index (κ2) is 11.2. The van der Waals surface area contributed by atoms with Crippen molar-refractivity contribution >= 4 is 21.8 Å². The first-order chi connectivity index (χ1) is 22.2. The van der Waals surface area contributed by atoms with Gasteiger partial charge in [0.2, 0.25) is 0 Å². The van der Waals surface area contributed by atoms with E-state index in [-0.39, 0.29) is 0 Å². The van der Waals surface area contributed by atoms with E-state index in [4.69, 9.17) is 24.9 Å². The van der Waals surface area contributed by atoms with E-state index in [0.717, 1.165) is 66.6 Å². The smallest absolute Gasteiger partial charge is 0.164 e. The van der Waals surface area contributed by atoms with Crippen molar-refractivity contribution < 1.29 is 0 Å². The first-order valence-corrected chi connectivity index (χ1v) is 14.9. The fraction of sp³-hybridized carbons (Fsp3) is 0.0250. The van der Waals surface area contributed by atoms with Crippen LogP contribution in [0.3, 0.4) is 0 Å². The van der Waals surface area contributed by atoms with Crippen molar-refractivity contribution in [2.24, 2.45) is 0 Å². The number of fused-ring (bicyclic) bond motifs is 3. The van der Waals surface area contributed by atoms with Crippen LogP contribution < -0.4 is 0 Å². The number of rotatable bonds is 5. The van der Waals surface area contributed by atoms with Gasteiger partial charge in [0.25, 0.3) is 0 Å². The van der Waals surface area contributed by atoms with Crippen LogP contribution in [0.4, 0.5) is 0 Å². The summed E-state index contributed by atoms with van der Waals surface area (Å²) in [5.74, 6) is 1.88. The minimum atomic E-state index is 0.617. The molecule has 0 aliphatic heterocycles. The molecule has 0 unspecified atom stereocenters. The minimum absolute atomic E-state index is 0.617. The summed E-state index contributed by atoms with van der Waals surface area (Å²) in [4.78, 5) is 25.1. The molecule has 0 fully saturated rings. The van der Waals surface area contributed by atoms with Gasteiger partial charge in [-0.15, -0.1) is 0 Å². The summed E-state index contributed by atoms with van der Waals surface area (Å²) >= 11 is 0. The first kappa shape index (κ1) is 26.5. The zero-order chi connectivity index (χ0) is 30.2. The Morgan fingerprint density at radius 1 is 0.378 bits per heavy atom. The molecular weight excluding hydrogens is 550 g/mol. The quantitative estimate of drug-likeness (QED) is 0.191. The lowest BCUT2D eigenvalue weighted by Gasteiger charge is -2.15. The molecule has 3 heterocycles. The van der Waals surface area contributed by atoms with Crippen molar-refractivity contribution in [1.82, 2.24) is 24.9 Å². The summed E-state index contributed by atoms with van der Waals surface area (Å²) in [6.45, 7) is 2.04. The maximum atomic E-state index is 5.12. The Balaban J connectivity index is 1.35. The van der Waals surface area contributed by atoms with E-state index in [2.05, 4.69) is 60.7 Å². The second-order valence-corrected chi connectivity index (χ2v) is 11.0. The topological polar surface area (TPSA) is 64.5 Å². The highest BCUT2D eigenvalue weighted by Crippen LogP contribution is 2.38. The molecule has 0 amide bonds. The van der Waals surface area contributed by atoms with Crippen LogP contribution in [0.15, 0.2) is 146 Å². The van der Waals surface area contributed by atoms with Crippen molar-refractivity contribution in [3.05, 3.63) is 151 Å². The Hall–Kier alpha value is -6.07. The summed E-state index contributed by atoms with van der Waals surface area (Å²) < 4.78 is 0. The molecule has 5 nitrogen and oxygen atoms in total. The molecule has 8 rings (SSSR count). The van der Waals surface area contributed by atoms with Gasteiger partial charge in [-0.05, 0) is 30.2 Å². The number of benzene rings is 5. The number of aromatic nitrogens is 5. The third-order valence-corrected chi connectivity index (χ3v) is 7.99. The fourth-order valence-electron chi connectivity index (χ4n) is 5.83. The molecule has 0 saturated carbocycles. The summed E-state index contributed by atoms with van der Waals surface area (Å²) in [6, 6.07) is 49.3. The van der Waals surface area contributed by atoms with E-state index in [0.29, 0.717) is 17.5 Å². The van der Waals surface area contributed by atoms with E-state index in [1.165, 1.54) is 0 Å². The maximum absolute atomic E-state index is 5.12. The summed E-state index contributed by atoms with van der Waals surface area (Å²) in [5, 5.41) is 2.08. The predicted octanol–water partition coefficient (Wildman–Crippen LogP) is 9.61. The molecule has 212 valence electrons. The van der Waals surface area contributed by atoms with Crippen LogP contribution in [0.2, 0.25) is 0 Å². The van der Waals surface area contributed by atoms with Crippen LogP contribution in [0.25, 0.3) is 78.4 Å². The fourth-order valence-corrected chi connectivity index (χ4v) is 5.83. The van der Waals surface area contributed by atoms with Crippen molar-refractivity contribution in [2.45, 2.75) is 6.92 Å². The third-order valence-electron chi connectivity index (χ3n) is 7.99. The van der Waals surface area contributed by atoms with Crippen molar-refractivity contribution in [3.63, 3.8) is 0 Å². The van der Waals surface area contributed by atoms with Gasteiger partial charge in [0.1, 0.15) is 0 Å². The standard InChI is InChI=1S/C40H27N5/c1-26-25-34(32-23-21-28-22-24-35(27-13-5-2-6-14-27)42-36(28)37(32)41-26)31-19-11-12-20-33(31)40-44-38(29-15-7-3-8-16-29)43-39(45-40)30-17-9-4-10-18-30/h2-25H,1H3. The highest BCUT2D eigenvalue weighted by molar-refractivity contribution is 6.09. The highest BCUT2D eigenvalue weighted by Gasteiger charge is 2.18. The maximum Gasteiger partial charge on any atom is 0.164 e. The highest BCUT2D eigenvalue weighted by atomic mass is 15.0. The van der Waals surface area contributed by atoms with Gasteiger partial charge in [-0.1, -0.05) is 133 Å². The average Bonchev–Trinajstić information content (AvgIpc) is 3.12. The van der Waals surface area contributed by atoms with E-state index in [9.17, 15) is 0 Å². The van der Waals surface area contributed by atoms with Gasteiger partial charge in [0.05, 0.1) is 16.7 Å². The van der Waals surface area contributed by atoms with Gasteiger partial charge in [0, 0.05) is 38.7 Å². The second-order valence-electron chi connectivity index (χ2n) is 11.0. The monoisotopic (exact) mass is 577 g/mol. The van der Waals surface area contributed by atoms with E-state index < -0.39 is 0 Å². The summed E-state index contributed by atoms with van der Waals surface area (Å²) in [7, 11) is 0. The normalized spacial score (nSPS) is 11.2. The first-order valence-electron chi connectivity index (χ1n) is 14.9. The zero-order valence-electron chi connectivity index (χ0n) is 24.6. The van der Waals surface area contributed by atoms with Gasteiger partial charge < -0.3 is 0 Å². The van der Waals surface area contributed by atoms with Gasteiger partial charge >= 0.3 is 0 Å². The van der Waals surface area contributed by atoms with Crippen LogP contribution in [-0.2, 0) is 0 Å². The Bertz CT molecular complexity index is 2260. The van der Waals surface area contributed by atoms with Gasteiger partial charge in [-0.25, -0.2) is 19.9 Å². The summed E-state index contributed by atoms with van der Waals surface area (Å²) in [6.07, 6.45) is 0. The molecule has 0 aliphatic carbocycles. The zero-order valence-corrected chi connectivity index (χ0v) is 24.6. The molecule has 5 heteroatoms. The van der Waals surface area contributed by atoms with Gasteiger partial charge in [-0.3, -0.25) is 4.98 Å². The van der Waals surface area contributed by atoms with E-state index in [1.54, 1.807) is 0 Å². The minimum Gasteiger partial charge on any atom is -0.251 e. The van der Waals surface area contributed by atoms with Crippen LogP contribution in [-0.4, -0.2) is 24.9 Å². The summed E-state index contributed by atoms with van der Waals surface area (Å²) in [5.41, 5.74) is 9.56. The Labute approximate surface area is 261 Å². The molecule has 8 aromatic rings. The Morgan fingerprint density at radius 3 is 1.56 bits per heavy atom. The van der Waals surface area contributed by atoms with Crippen molar-refractivity contribution in [1.29, 1.82) is 0 Å². The van der Waals surface area contributed by atoms with Crippen LogP contribution >= 0.6 is 0 Å². The lowest BCUT2D eigenvalue weighted by Crippen LogP contribution is -2.01. The molecule has 0 aliphatic rings. The van der Waals surface area contributed by atoms with E-state index >= 15 is 0 Å². The number of aryl methyl sites for hydroxylation is 1. The Kier molecular flexibility index (Phi) is 6.61. The molecule has 0 N–H and O–H groups in total. The third kappa shape index (κ3) is 5.00. The molecule has 0 radical (unpaired) electrons. The van der Waals surface area contributed by atoms with Gasteiger partial charge in [-0.2, -0.15) is 0 Å². The lowest BCUT2D eigenvalue weighted by atomic mass is 9.94. The number of hydrogen-bond acceptors (Lipinski definition) is 5. The molecule has 3 aromatic heterocycles. The molecule has 5 aromatic carbocycles. The molecular formula is C40H27N5. The number of hydrogen-bond donors (Lipinski definition) is 0. The van der Waals surface area contributed by atoms with E-state index in [1.807, 2.05) is 91.9 Å². The average molecular weight is 578 g/mol. The van der Waals surface area contributed by atoms with Crippen molar-refractivity contribution in [3.8, 4) is 56.5 Å². The molecule has 0 atom stereocenters. The SMILES string of the molecule is Cc1cc(-c2ccccc2-c2nc(-c3ccccc3)nc(-c3ccccc3)n2)c2ccc3ccc(-c4ccccc4)nc3c2n1. The lowest BCUT2D eigenvalue weighted by molar-refractivity contribution is 1.07. The molecule has 45 heavy (non-hydrogen) atoms. The molecule has 0 bridgehead atoms. The van der Waals surface area contributed by atoms with Crippen LogP contribution in [0.5, 0.6) is 0 Å². The largest absolute Gasteiger partial charge is 0.251 e. The Morgan fingerprint density at radius 2 is 0.911 bits per heavy atom. The van der Waals surface area contributed by atoms with Crippen molar-refractivity contribution in [2.75, 3.05) is 0 Å². The van der Waals surface area contributed by atoms with Crippen LogP contribution in [0.1, 0.15) is 5.69 Å². The van der Waals surface area contributed by atoms with Crippen LogP contribution in [0, 0.1) is 6.92 Å². The predicted molar refractivity (Wildman–Crippen MR) is 182 cm³/mol. The molecule has 0 saturated heterocycles. The number of pyridine rings is 2. The molecule has 0 spiro atoms. The number of nitrogens with zero attached hydrogens (tertiary/aromatic N) is 5.